The predicted molar refractivity (Wildman–Crippen MR) is 82.4 cm³/mol. The fraction of sp³-hybridized carbons (Fsp3) is 0.0714. The van der Waals surface area contributed by atoms with Crippen molar-refractivity contribution in [3.05, 3.63) is 55.6 Å². The molecule has 0 fully saturated rings. The largest absolute Gasteiger partial charge is 0.298 e. The average Bonchev–Trinajstić information content (AvgIpc) is 2.33. The van der Waals surface area contributed by atoms with E-state index < -0.39 is 0 Å². The van der Waals surface area contributed by atoms with Crippen molar-refractivity contribution in [2.75, 3.05) is 0 Å². The fourth-order valence-corrected chi connectivity index (χ4v) is 2.66. The fourth-order valence-electron chi connectivity index (χ4n) is 1.75. The molecule has 0 radical (unpaired) electrons. The van der Waals surface area contributed by atoms with Crippen LogP contribution < -0.4 is 0 Å². The molecule has 0 aliphatic heterocycles. The van der Waals surface area contributed by atoms with Gasteiger partial charge in [0, 0.05) is 13.6 Å². The molecule has 2 aromatic carbocycles. The van der Waals surface area contributed by atoms with Crippen molar-refractivity contribution < 1.29 is 4.79 Å². The van der Waals surface area contributed by atoms with Crippen LogP contribution in [0.4, 0.5) is 0 Å². The molecule has 1 nitrogen and oxygen atoms in total. The molecule has 0 N–H and O–H groups in total. The summed E-state index contributed by atoms with van der Waals surface area (Å²) in [5.74, 6) is 0. The summed E-state index contributed by atoms with van der Waals surface area (Å²) >= 11 is 5.66. The number of hydrogen-bond acceptors (Lipinski definition) is 1. The Balaban J connectivity index is 2.62. The third kappa shape index (κ3) is 2.77. The number of halogens is 2. The van der Waals surface area contributed by atoms with Crippen molar-refractivity contribution in [3.8, 4) is 11.1 Å². The molecule has 0 saturated carbocycles. The van der Waals surface area contributed by atoms with E-state index in [0.717, 1.165) is 36.6 Å². The highest BCUT2D eigenvalue weighted by atomic mass is 127. The topological polar surface area (TPSA) is 17.1 Å². The number of benzene rings is 2. The zero-order chi connectivity index (χ0) is 12.4. The van der Waals surface area contributed by atoms with Gasteiger partial charge in [0.25, 0.3) is 0 Å². The van der Waals surface area contributed by atoms with E-state index in [-0.39, 0.29) is 0 Å². The Morgan fingerprint density at radius 1 is 1.18 bits per heavy atom. The van der Waals surface area contributed by atoms with Crippen LogP contribution in [-0.4, -0.2) is 6.29 Å². The third-order valence-electron chi connectivity index (χ3n) is 2.69. The van der Waals surface area contributed by atoms with Gasteiger partial charge < -0.3 is 0 Å². The second-order valence-corrected chi connectivity index (χ2v) is 5.95. The van der Waals surface area contributed by atoms with Gasteiger partial charge in [-0.25, -0.2) is 0 Å². The quantitative estimate of drug-likeness (QED) is 0.520. The summed E-state index contributed by atoms with van der Waals surface area (Å²) < 4.78 is 2.13. The number of carbonyl (C=O) groups is 1. The molecule has 0 spiro atoms. The summed E-state index contributed by atoms with van der Waals surface area (Å²) in [4.78, 5) is 11.0. The summed E-state index contributed by atoms with van der Waals surface area (Å²) in [6.07, 6.45) is 0.917. The van der Waals surface area contributed by atoms with Crippen molar-refractivity contribution in [2.24, 2.45) is 0 Å². The molecule has 0 aromatic heterocycles. The minimum absolute atomic E-state index is 0.759. The van der Waals surface area contributed by atoms with Crippen LogP contribution in [0.5, 0.6) is 0 Å². The van der Waals surface area contributed by atoms with Crippen molar-refractivity contribution in [1.82, 2.24) is 0 Å². The molecule has 2 aromatic rings. The number of hydrogen-bond donors (Lipinski definition) is 0. The maximum absolute atomic E-state index is 11.0. The minimum Gasteiger partial charge on any atom is -0.298 e. The van der Waals surface area contributed by atoms with Crippen LogP contribution in [0, 0.1) is 10.5 Å². The molecule has 0 atom stereocenters. The maximum atomic E-state index is 11.0. The van der Waals surface area contributed by atoms with Crippen molar-refractivity contribution in [1.29, 1.82) is 0 Å². The second-order valence-electron chi connectivity index (χ2n) is 3.79. The monoisotopic (exact) mass is 400 g/mol. The predicted octanol–water partition coefficient (Wildman–Crippen LogP) is 4.84. The molecular weight excluding hydrogens is 391 g/mol. The van der Waals surface area contributed by atoms with Gasteiger partial charge in [-0.3, -0.25) is 4.79 Å². The summed E-state index contributed by atoms with van der Waals surface area (Å²) in [5.41, 5.74) is 4.04. The van der Waals surface area contributed by atoms with E-state index in [1.165, 1.54) is 0 Å². The SMILES string of the molecule is Cc1c(C=O)cc(I)cc1-c1ccc(Br)cc1. The first-order valence-corrected chi connectivity index (χ1v) is 7.00. The Morgan fingerprint density at radius 3 is 2.41 bits per heavy atom. The number of aldehydes is 1. The molecule has 0 aliphatic rings. The summed E-state index contributed by atoms with van der Waals surface area (Å²) in [6.45, 7) is 1.98. The highest BCUT2D eigenvalue weighted by molar-refractivity contribution is 14.1. The van der Waals surface area contributed by atoms with Gasteiger partial charge >= 0.3 is 0 Å². The van der Waals surface area contributed by atoms with Crippen LogP contribution in [0.25, 0.3) is 11.1 Å². The Morgan fingerprint density at radius 2 is 1.82 bits per heavy atom. The third-order valence-corrected chi connectivity index (χ3v) is 3.85. The van der Waals surface area contributed by atoms with E-state index >= 15 is 0 Å². The summed E-state index contributed by atoms with van der Waals surface area (Å²) in [7, 11) is 0. The highest BCUT2D eigenvalue weighted by Crippen LogP contribution is 2.28. The van der Waals surface area contributed by atoms with Crippen molar-refractivity contribution >= 4 is 44.8 Å². The van der Waals surface area contributed by atoms with E-state index in [2.05, 4.69) is 56.7 Å². The summed E-state index contributed by atoms with van der Waals surface area (Å²) in [5, 5.41) is 0. The molecule has 0 heterocycles. The normalized spacial score (nSPS) is 10.3. The molecule has 86 valence electrons. The summed E-state index contributed by atoms with van der Waals surface area (Å²) in [6, 6.07) is 12.1. The van der Waals surface area contributed by atoms with Gasteiger partial charge in [0.1, 0.15) is 6.29 Å². The number of carbonyl (C=O) groups excluding carboxylic acids is 1. The van der Waals surface area contributed by atoms with Gasteiger partial charge in [-0.1, -0.05) is 28.1 Å². The van der Waals surface area contributed by atoms with Crippen LogP contribution in [0.1, 0.15) is 15.9 Å². The van der Waals surface area contributed by atoms with Gasteiger partial charge in [0.05, 0.1) is 0 Å². The van der Waals surface area contributed by atoms with Crippen molar-refractivity contribution in [2.45, 2.75) is 6.92 Å². The lowest BCUT2D eigenvalue weighted by atomic mass is 9.97. The standard InChI is InChI=1S/C14H10BrIO/c1-9-11(8-17)6-13(16)7-14(9)10-2-4-12(15)5-3-10/h2-8H,1H3. The molecule has 0 aliphatic carbocycles. The van der Waals surface area contributed by atoms with Crippen LogP contribution in [0.2, 0.25) is 0 Å². The van der Waals surface area contributed by atoms with Gasteiger partial charge in [0.15, 0.2) is 0 Å². The highest BCUT2D eigenvalue weighted by Gasteiger charge is 2.07. The van der Waals surface area contributed by atoms with Crippen molar-refractivity contribution in [3.63, 3.8) is 0 Å². The molecular formula is C14H10BrIO. The Bertz CT molecular complexity index is 561. The van der Waals surface area contributed by atoms with E-state index in [4.69, 9.17) is 0 Å². The smallest absolute Gasteiger partial charge is 0.150 e. The van der Waals surface area contributed by atoms with Gasteiger partial charge in [-0.15, -0.1) is 0 Å². The second kappa shape index (κ2) is 5.31. The van der Waals surface area contributed by atoms with Gasteiger partial charge in [0.2, 0.25) is 0 Å². The van der Waals surface area contributed by atoms with Crippen LogP contribution in [0.3, 0.4) is 0 Å². The first-order chi connectivity index (χ1) is 8.11. The molecule has 17 heavy (non-hydrogen) atoms. The zero-order valence-corrected chi connectivity index (χ0v) is 12.9. The minimum atomic E-state index is 0.759. The van der Waals surface area contributed by atoms with Gasteiger partial charge in [-0.05, 0) is 70.5 Å². The molecule has 0 saturated heterocycles. The van der Waals surface area contributed by atoms with Crippen LogP contribution >= 0.6 is 38.5 Å². The van der Waals surface area contributed by atoms with Crippen LogP contribution in [-0.2, 0) is 0 Å². The van der Waals surface area contributed by atoms with E-state index in [9.17, 15) is 4.79 Å². The first-order valence-electron chi connectivity index (χ1n) is 5.13. The molecule has 0 unspecified atom stereocenters. The zero-order valence-electron chi connectivity index (χ0n) is 9.21. The van der Waals surface area contributed by atoms with E-state index in [1.54, 1.807) is 0 Å². The Labute approximate surface area is 123 Å². The lowest BCUT2D eigenvalue weighted by Crippen LogP contribution is -1.92. The van der Waals surface area contributed by atoms with E-state index in [1.807, 2.05) is 25.1 Å². The average molecular weight is 401 g/mol. The lowest BCUT2D eigenvalue weighted by Gasteiger charge is -2.09. The Hall–Kier alpha value is -0.680. The molecule has 2 rings (SSSR count). The molecule has 0 bridgehead atoms. The van der Waals surface area contributed by atoms with E-state index in [0.29, 0.717) is 0 Å². The van der Waals surface area contributed by atoms with Gasteiger partial charge in [-0.2, -0.15) is 0 Å². The number of rotatable bonds is 2. The lowest BCUT2D eigenvalue weighted by molar-refractivity contribution is 0.112. The molecule has 3 heteroatoms. The maximum Gasteiger partial charge on any atom is 0.150 e. The molecule has 0 amide bonds. The first kappa shape index (κ1) is 12.8. The van der Waals surface area contributed by atoms with Crippen LogP contribution in [0.15, 0.2) is 40.9 Å². The Kier molecular flexibility index (Phi) is 3.99.